The van der Waals surface area contributed by atoms with Crippen molar-refractivity contribution in [3.8, 4) is 34.2 Å². The highest BCUT2D eigenvalue weighted by molar-refractivity contribution is 7.15. The van der Waals surface area contributed by atoms with Crippen molar-refractivity contribution in [1.82, 2.24) is 24.4 Å². The molecule has 0 bridgehead atoms. The maximum atomic E-state index is 13.5. The van der Waals surface area contributed by atoms with Gasteiger partial charge in [-0.3, -0.25) is 4.79 Å². The van der Waals surface area contributed by atoms with Crippen molar-refractivity contribution >= 4 is 34.5 Å². The summed E-state index contributed by atoms with van der Waals surface area (Å²) in [5.74, 6) is 2.58. The second-order valence-corrected chi connectivity index (χ2v) is 11.6. The molecule has 10 heteroatoms. The van der Waals surface area contributed by atoms with Gasteiger partial charge < -0.3 is 14.2 Å². The Bertz CT molecular complexity index is 2180. The van der Waals surface area contributed by atoms with Crippen LogP contribution in [-0.4, -0.2) is 44.2 Å². The van der Waals surface area contributed by atoms with Gasteiger partial charge in [0.25, 0.3) is 5.56 Å². The topological polar surface area (TPSA) is 92.8 Å². The molecule has 7 rings (SSSR count). The Morgan fingerprint density at radius 3 is 2.73 bits per heavy atom. The number of nitrogens with zero attached hydrogens (tertiary/aromatic N) is 5. The van der Waals surface area contributed by atoms with Gasteiger partial charge in [-0.2, -0.15) is 14.6 Å². The number of methoxy groups -OCH3 is 1. The fourth-order valence-electron chi connectivity index (χ4n) is 5.29. The van der Waals surface area contributed by atoms with Gasteiger partial charge in [0, 0.05) is 23.7 Å². The number of para-hydroxylation sites is 1. The predicted molar refractivity (Wildman–Crippen MR) is 176 cm³/mol. The molecular formula is C35H29N5O4S. The van der Waals surface area contributed by atoms with Gasteiger partial charge in [-0.1, -0.05) is 54.3 Å². The Kier molecular flexibility index (Phi) is 7.48. The Hall–Kier alpha value is -5.48. The molecule has 0 saturated carbocycles. The van der Waals surface area contributed by atoms with E-state index in [4.69, 9.17) is 19.3 Å². The van der Waals surface area contributed by atoms with Crippen molar-refractivity contribution in [2.75, 3.05) is 13.7 Å². The average molecular weight is 616 g/mol. The van der Waals surface area contributed by atoms with Gasteiger partial charge in [0.1, 0.15) is 24.2 Å². The van der Waals surface area contributed by atoms with Crippen LogP contribution in [0.2, 0.25) is 0 Å². The predicted octanol–water partition coefficient (Wildman–Crippen LogP) is 5.62. The molecule has 1 atom stereocenters. The molecule has 0 aliphatic carbocycles. The first-order valence-corrected chi connectivity index (χ1v) is 15.3. The summed E-state index contributed by atoms with van der Waals surface area (Å²) in [6, 6.07) is 21.7. The first kappa shape index (κ1) is 28.3. The van der Waals surface area contributed by atoms with E-state index < -0.39 is 0 Å². The van der Waals surface area contributed by atoms with Crippen molar-refractivity contribution in [2.45, 2.75) is 19.4 Å². The van der Waals surface area contributed by atoms with Crippen molar-refractivity contribution in [3.05, 3.63) is 123 Å². The third-order valence-electron chi connectivity index (χ3n) is 7.39. The molecule has 45 heavy (non-hydrogen) atoms. The maximum absolute atomic E-state index is 13.5. The van der Waals surface area contributed by atoms with Crippen LogP contribution in [0.5, 0.6) is 17.2 Å². The minimum absolute atomic E-state index is 0.145. The second-order valence-electron chi connectivity index (χ2n) is 10.6. The van der Waals surface area contributed by atoms with Gasteiger partial charge in [-0.25, -0.2) is 4.68 Å². The van der Waals surface area contributed by atoms with E-state index >= 15 is 0 Å². The normalized spacial score (nSPS) is 14.6. The Labute approximate surface area is 263 Å². The highest BCUT2D eigenvalue weighted by Crippen LogP contribution is 2.34. The zero-order valence-electron chi connectivity index (χ0n) is 24.7. The zero-order chi connectivity index (χ0) is 30.9. The summed E-state index contributed by atoms with van der Waals surface area (Å²) in [6.45, 7) is 6.13. The summed E-state index contributed by atoms with van der Waals surface area (Å²) < 4.78 is 20.7. The van der Waals surface area contributed by atoms with Crippen LogP contribution in [0, 0.1) is 0 Å². The van der Waals surface area contributed by atoms with Gasteiger partial charge in [0.15, 0.2) is 17.3 Å². The lowest BCUT2D eigenvalue weighted by Crippen LogP contribution is -2.23. The molecule has 224 valence electrons. The lowest BCUT2D eigenvalue weighted by atomic mass is 10.0. The molecule has 0 saturated heterocycles. The van der Waals surface area contributed by atoms with Crippen LogP contribution in [0.3, 0.4) is 0 Å². The van der Waals surface area contributed by atoms with Crippen LogP contribution >= 0.6 is 11.3 Å². The van der Waals surface area contributed by atoms with E-state index in [2.05, 4.69) is 29.7 Å². The van der Waals surface area contributed by atoms with Crippen LogP contribution < -0.4 is 24.3 Å². The molecule has 0 spiro atoms. The van der Waals surface area contributed by atoms with Crippen LogP contribution in [0.25, 0.3) is 40.1 Å². The van der Waals surface area contributed by atoms with E-state index in [-0.39, 0.29) is 11.7 Å². The number of hydrogen-bond acceptors (Lipinski definition) is 8. The van der Waals surface area contributed by atoms with E-state index in [1.54, 1.807) is 19.3 Å². The molecule has 0 fully saturated rings. The van der Waals surface area contributed by atoms with E-state index in [9.17, 15) is 4.79 Å². The standard InChI is InChI=1S/C35H29N5O4S/c1-4-16-43-29-13-10-23(18-30(29)42-3)11-15-32-36-35-40(37-32)34(41)31(45-35)20-26-21-39(27-8-6-5-7-9-27)38-33(26)24-12-14-28-25(19-24)17-22(2)44-28/h4-15,18-22H,1,16-17H2,2-3H3/b15-11+,31-20-. The van der Waals surface area contributed by atoms with Gasteiger partial charge in [0.2, 0.25) is 4.96 Å². The van der Waals surface area contributed by atoms with Crippen molar-refractivity contribution < 1.29 is 14.2 Å². The first-order valence-electron chi connectivity index (χ1n) is 14.4. The fraction of sp³-hybridized carbons (Fsp3) is 0.143. The van der Waals surface area contributed by atoms with E-state index in [1.807, 2.05) is 83.7 Å². The third-order valence-corrected chi connectivity index (χ3v) is 8.35. The van der Waals surface area contributed by atoms with Gasteiger partial charge in [-0.05, 0) is 72.7 Å². The molecule has 4 heterocycles. The maximum Gasteiger partial charge on any atom is 0.291 e. The van der Waals surface area contributed by atoms with Crippen molar-refractivity contribution in [3.63, 3.8) is 0 Å². The van der Waals surface area contributed by atoms with Crippen LogP contribution in [-0.2, 0) is 6.42 Å². The SMILES string of the molecule is C=CCOc1ccc(/C=C/c2nc3s/c(=C\c4cn(-c5ccccc5)nc4-c4ccc5c(c4)CC(C)O5)c(=O)n3n2)cc1OC. The minimum Gasteiger partial charge on any atom is -0.493 e. The monoisotopic (exact) mass is 615 g/mol. The first-order chi connectivity index (χ1) is 22.0. The Morgan fingerprint density at radius 2 is 1.93 bits per heavy atom. The summed E-state index contributed by atoms with van der Waals surface area (Å²) in [6.07, 6.45) is 10.1. The van der Waals surface area contributed by atoms with Crippen LogP contribution in [0.15, 0.2) is 90.4 Å². The molecule has 0 amide bonds. The highest BCUT2D eigenvalue weighted by Gasteiger charge is 2.21. The van der Waals surface area contributed by atoms with Crippen molar-refractivity contribution in [2.24, 2.45) is 0 Å². The van der Waals surface area contributed by atoms with Crippen molar-refractivity contribution in [1.29, 1.82) is 0 Å². The highest BCUT2D eigenvalue weighted by atomic mass is 32.1. The summed E-state index contributed by atoms with van der Waals surface area (Å²) in [7, 11) is 1.59. The number of thiazole rings is 1. The Balaban J connectivity index is 1.23. The molecule has 0 N–H and O–H groups in total. The molecule has 1 aliphatic rings. The smallest absolute Gasteiger partial charge is 0.291 e. The zero-order valence-corrected chi connectivity index (χ0v) is 25.5. The Morgan fingerprint density at radius 1 is 1.07 bits per heavy atom. The van der Waals surface area contributed by atoms with Crippen LogP contribution in [0.1, 0.15) is 29.4 Å². The summed E-state index contributed by atoms with van der Waals surface area (Å²) in [5, 5.41) is 9.41. The molecule has 6 aromatic rings. The van der Waals surface area contributed by atoms with Gasteiger partial charge in [-0.15, -0.1) is 5.10 Å². The number of hydrogen-bond donors (Lipinski definition) is 0. The summed E-state index contributed by atoms with van der Waals surface area (Å²) in [4.78, 5) is 18.6. The third kappa shape index (κ3) is 5.63. The molecule has 1 aliphatic heterocycles. The quantitative estimate of drug-likeness (QED) is 0.195. The van der Waals surface area contributed by atoms with E-state index in [0.29, 0.717) is 33.4 Å². The largest absolute Gasteiger partial charge is 0.493 e. The van der Waals surface area contributed by atoms with E-state index in [1.165, 1.54) is 15.9 Å². The second kappa shape index (κ2) is 11.9. The molecule has 1 unspecified atom stereocenters. The van der Waals surface area contributed by atoms with Gasteiger partial charge >= 0.3 is 0 Å². The number of rotatable bonds is 9. The summed E-state index contributed by atoms with van der Waals surface area (Å²) in [5.41, 5.74) is 5.28. The number of fused-ring (bicyclic) bond motifs is 2. The molecular weight excluding hydrogens is 586 g/mol. The van der Waals surface area contributed by atoms with Crippen LogP contribution in [0.4, 0.5) is 0 Å². The lowest BCUT2D eigenvalue weighted by Gasteiger charge is -2.09. The van der Waals surface area contributed by atoms with E-state index in [0.717, 1.165) is 45.8 Å². The lowest BCUT2D eigenvalue weighted by molar-refractivity contribution is 0.254. The fourth-order valence-corrected chi connectivity index (χ4v) is 6.19. The van der Waals surface area contributed by atoms with Gasteiger partial charge in [0.05, 0.1) is 17.3 Å². The molecule has 3 aromatic carbocycles. The number of benzene rings is 3. The summed E-state index contributed by atoms with van der Waals surface area (Å²) >= 11 is 1.29. The average Bonchev–Trinajstić information content (AvgIpc) is 3.83. The molecule has 0 radical (unpaired) electrons. The minimum atomic E-state index is -0.234. The number of aromatic nitrogens is 5. The molecule has 3 aromatic heterocycles. The molecule has 9 nitrogen and oxygen atoms in total. The number of ether oxygens (including phenoxy) is 3.